The molecule has 4 heteroatoms. The van der Waals surface area contributed by atoms with Crippen LogP contribution in [0.3, 0.4) is 0 Å². The highest BCUT2D eigenvalue weighted by Crippen LogP contribution is 2.47. The monoisotopic (exact) mass is 356 g/mol. The first-order chi connectivity index (χ1) is 12.9. The number of rotatable bonds is 4. The average molecular weight is 356 g/mol. The van der Waals surface area contributed by atoms with E-state index in [4.69, 9.17) is 0 Å². The van der Waals surface area contributed by atoms with Crippen LogP contribution in [0.15, 0.2) is 42.5 Å². The molecule has 0 unspecified atom stereocenters. The second kappa shape index (κ2) is 6.28. The van der Waals surface area contributed by atoms with Crippen LogP contribution in [-0.2, 0) is 5.41 Å². The minimum absolute atomic E-state index is 0.233. The van der Waals surface area contributed by atoms with Gasteiger partial charge in [-0.3, -0.25) is 5.10 Å². The Kier molecular flexibility index (Phi) is 4.04. The number of nitrogens with one attached hydrogen (secondary N) is 1. The molecule has 0 atom stereocenters. The molecule has 1 aliphatic rings. The predicted molar refractivity (Wildman–Crippen MR) is 109 cm³/mol. The summed E-state index contributed by atoms with van der Waals surface area (Å²) < 4.78 is 0. The number of aryl methyl sites for hydroxylation is 3. The number of nitriles is 1. The van der Waals surface area contributed by atoms with Gasteiger partial charge in [-0.15, -0.1) is 0 Å². The van der Waals surface area contributed by atoms with E-state index in [1.54, 1.807) is 0 Å². The third kappa shape index (κ3) is 2.90. The number of benzene rings is 2. The van der Waals surface area contributed by atoms with Gasteiger partial charge in [-0.25, -0.2) is 0 Å². The van der Waals surface area contributed by atoms with Crippen molar-refractivity contribution in [2.24, 2.45) is 0 Å². The van der Waals surface area contributed by atoms with Crippen LogP contribution in [-0.4, -0.2) is 17.2 Å². The van der Waals surface area contributed by atoms with Gasteiger partial charge in [0.1, 0.15) is 0 Å². The number of nitrogens with zero attached hydrogens (tertiary/aromatic N) is 3. The first-order valence-electron chi connectivity index (χ1n) is 9.33. The average Bonchev–Trinajstić information content (AvgIpc) is 3.42. The van der Waals surface area contributed by atoms with Gasteiger partial charge in [-0.05, 0) is 68.5 Å². The summed E-state index contributed by atoms with van der Waals surface area (Å²) in [5, 5.41) is 16.8. The standard InChI is InChI=1S/C23H24N4/c1-15-5-6-18(22-16(2)25-26-17(22)3)13-21(15)27(4)20-9-7-19(8-10-20)23(14-24)11-12-23/h5-10,13H,11-12H2,1-4H3,(H,25,26). The first-order valence-corrected chi connectivity index (χ1v) is 9.33. The van der Waals surface area contributed by atoms with E-state index in [1.807, 2.05) is 6.92 Å². The number of anilines is 2. The summed E-state index contributed by atoms with van der Waals surface area (Å²) in [7, 11) is 2.09. The van der Waals surface area contributed by atoms with Crippen LogP contribution >= 0.6 is 0 Å². The topological polar surface area (TPSA) is 55.7 Å². The van der Waals surface area contributed by atoms with Crippen LogP contribution in [0.4, 0.5) is 11.4 Å². The smallest absolute Gasteiger partial charge is 0.0823 e. The molecule has 2 aromatic carbocycles. The molecule has 4 nitrogen and oxygen atoms in total. The third-order valence-corrected chi connectivity index (χ3v) is 5.76. The van der Waals surface area contributed by atoms with Crippen molar-refractivity contribution in [1.82, 2.24) is 10.2 Å². The van der Waals surface area contributed by atoms with E-state index in [0.717, 1.165) is 35.5 Å². The zero-order chi connectivity index (χ0) is 19.2. The van der Waals surface area contributed by atoms with E-state index < -0.39 is 0 Å². The number of hydrogen-bond acceptors (Lipinski definition) is 3. The van der Waals surface area contributed by atoms with Crippen LogP contribution in [0.5, 0.6) is 0 Å². The maximum atomic E-state index is 9.40. The van der Waals surface area contributed by atoms with Gasteiger partial charge in [0.2, 0.25) is 0 Å². The second-order valence-corrected chi connectivity index (χ2v) is 7.61. The Bertz CT molecular complexity index is 1010. The molecule has 4 rings (SSSR count). The molecular weight excluding hydrogens is 332 g/mol. The van der Waals surface area contributed by atoms with Crippen LogP contribution in [0, 0.1) is 32.1 Å². The van der Waals surface area contributed by atoms with Gasteiger partial charge >= 0.3 is 0 Å². The zero-order valence-electron chi connectivity index (χ0n) is 16.3. The number of H-pyrrole nitrogens is 1. The summed E-state index contributed by atoms with van der Waals surface area (Å²) in [4.78, 5) is 2.21. The van der Waals surface area contributed by atoms with Crippen LogP contribution in [0.25, 0.3) is 11.1 Å². The highest BCUT2D eigenvalue weighted by atomic mass is 15.1. The molecule has 1 fully saturated rings. The Morgan fingerprint density at radius 2 is 1.78 bits per heavy atom. The van der Waals surface area contributed by atoms with Gasteiger partial charge in [0.25, 0.3) is 0 Å². The van der Waals surface area contributed by atoms with Crippen molar-refractivity contribution in [1.29, 1.82) is 5.26 Å². The number of aromatic nitrogens is 2. The van der Waals surface area contributed by atoms with Gasteiger partial charge in [0.05, 0.1) is 17.2 Å². The maximum Gasteiger partial charge on any atom is 0.0823 e. The van der Waals surface area contributed by atoms with Gasteiger partial charge in [0, 0.05) is 29.7 Å². The van der Waals surface area contributed by atoms with Crippen molar-refractivity contribution in [2.75, 3.05) is 11.9 Å². The minimum Gasteiger partial charge on any atom is -0.344 e. The molecule has 27 heavy (non-hydrogen) atoms. The highest BCUT2D eigenvalue weighted by Gasteiger charge is 2.44. The molecule has 1 saturated carbocycles. The normalized spacial score (nSPS) is 14.6. The molecule has 0 saturated heterocycles. The molecule has 0 aliphatic heterocycles. The van der Waals surface area contributed by atoms with Crippen LogP contribution in [0.2, 0.25) is 0 Å². The van der Waals surface area contributed by atoms with E-state index in [2.05, 4.69) is 84.5 Å². The van der Waals surface area contributed by atoms with Gasteiger partial charge < -0.3 is 4.90 Å². The minimum atomic E-state index is -0.233. The fraction of sp³-hybridized carbons (Fsp3) is 0.304. The summed E-state index contributed by atoms with van der Waals surface area (Å²) in [6.07, 6.45) is 1.95. The Morgan fingerprint density at radius 1 is 1.07 bits per heavy atom. The molecule has 1 aliphatic carbocycles. The fourth-order valence-corrected chi connectivity index (χ4v) is 3.84. The number of aromatic amines is 1. The lowest BCUT2D eigenvalue weighted by Gasteiger charge is -2.23. The predicted octanol–water partition coefficient (Wildman–Crippen LogP) is 5.33. The summed E-state index contributed by atoms with van der Waals surface area (Å²) in [5.41, 5.74) is 8.85. The van der Waals surface area contributed by atoms with E-state index in [-0.39, 0.29) is 5.41 Å². The number of hydrogen-bond donors (Lipinski definition) is 1. The Labute approximate surface area is 160 Å². The van der Waals surface area contributed by atoms with Gasteiger partial charge in [-0.2, -0.15) is 10.4 Å². The first kappa shape index (κ1) is 17.4. The van der Waals surface area contributed by atoms with Crippen molar-refractivity contribution < 1.29 is 0 Å². The highest BCUT2D eigenvalue weighted by molar-refractivity contribution is 5.76. The van der Waals surface area contributed by atoms with E-state index in [1.165, 1.54) is 22.4 Å². The largest absolute Gasteiger partial charge is 0.344 e. The summed E-state index contributed by atoms with van der Waals surface area (Å²) in [5.74, 6) is 0. The molecule has 0 spiro atoms. The van der Waals surface area contributed by atoms with Crippen molar-refractivity contribution in [2.45, 2.75) is 39.0 Å². The lowest BCUT2D eigenvalue weighted by molar-refractivity contribution is 0.908. The molecule has 136 valence electrons. The van der Waals surface area contributed by atoms with Crippen molar-refractivity contribution in [3.63, 3.8) is 0 Å². The third-order valence-electron chi connectivity index (χ3n) is 5.76. The summed E-state index contributed by atoms with van der Waals surface area (Å²) in [6.45, 7) is 6.22. The van der Waals surface area contributed by atoms with E-state index in [9.17, 15) is 5.26 Å². The van der Waals surface area contributed by atoms with Crippen molar-refractivity contribution in [3.05, 3.63) is 65.0 Å². The molecule has 0 radical (unpaired) electrons. The Balaban J connectivity index is 1.69. The second-order valence-electron chi connectivity index (χ2n) is 7.61. The maximum absolute atomic E-state index is 9.40. The fourth-order valence-electron chi connectivity index (χ4n) is 3.84. The molecule has 0 bridgehead atoms. The molecule has 1 heterocycles. The summed E-state index contributed by atoms with van der Waals surface area (Å²) >= 11 is 0. The van der Waals surface area contributed by atoms with Gasteiger partial charge in [0.15, 0.2) is 0 Å². The van der Waals surface area contributed by atoms with E-state index in [0.29, 0.717) is 0 Å². The van der Waals surface area contributed by atoms with Crippen molar-refractivity contribution >= 4 is 11.4 Å². The molecular formula is C23H24N4. The lowest BCUT2D eigenvalue weighted by atomic mass is 9.97. The molecule has 3 aromatic rings. The van der Waals surface area contributed by atoms with Crippen LogP contribution < -0.4 is 4.90 Å². The summed E-state index contributed by atoms with van der Waals surface area (Å²) in [6, 6.07) is 17.5. The van der Waals surface area contributed by atoms with Crippen molar-refractivity contribution in [3.8, 4) is 17.2 Å². The Hall–Kier alpha value is -3.06. The lowest BCUT2D eigenvalue weighted by Crippen LogP contribution is -2.11. The molecule has 1 N–H and O–H groups in total. The molecule has 1 aromatic heterocycles. The Morgan fingerprint density at radius 3 is 2.33 bits per heavy atom. The quantitative estimate of drug-likeness (QED) is 0.688. The molecule has 0 amide bonds. The SMILES string of the molecule is Cc1ccc(-c2c(C)n[nH]c2C)cc1N(C)c1ccc(C2(C#N)CC2)cc1. The van der Waals surface area contributed by atoms with Gasteiger partial charge in [-0.1, -0.05) is 24.3 Å². The zero-order valence-corrected chi connectivity index (χ0v) is 16.3. The van der Waals surface area contributed by atoms with Crippen LogP contribution in [0.1, 0.15) is 35.4 Å². The van der Waals surface area contributed by atoms with E-state index >= 15 is 0 Å².